The monoisotopic (exact) mass is 392 g/mol. The van der Waals surface area contributed by atoms with Crippen LogP contribution in [-0.4, -0.2) is 48.4 Å². The highest BCUT2D eigenvalue weighted by Gasteiger charge is 2.29. The number of hydrogen-bond donors (Lipinski definition) is 3. The van der Waals surface area contributed by atoms with Crippen molar-refractivity contribution in [2.24, 2.45) is 0 Å². The fourth-order valence-electron chi connectivity index (χ4n) is 4.10. The highest BCUT2D eigenvalue weighted by molar-refractivity contribution is 5.98. The molecule has 4 heterocycles. The molecule has 0 bridgehead atoms. The van der Waals surface area contributed by atoms with Crippen molar-refractivity contribution in [3.05, 3.63) is 36.8 Å². The minimum Gasteiger partial charge on any atom is -0.480 e. The number of pyridine rings is 1. The summed E-state index contributed by atoms with van der Waals surface area (Å²) in [5, 5.41) is 18.7. The Morgan fingerprint density at radius 2 is 2.10 bits per heavy atom. The van der Waals surface area contributed by atoms with E-state index in [0.29, 0.717) is 11.8 Å². The van der Waals surface area contributed by atoms with Gasteiger partial charge in [0.25, 0.3) is 0 Å². The van der Waals surface area contributed by atoms with Crippen LogP contribution in [0.15, 0.2) is 36.8 Å². The molecule has 4 aromatic heterocycles. The number of rotatable bonds is 4. The molecule has 8 heteroatoms. The molecule has 29 heavy (non-hydrogen) atoms. The third kappa shape index (κ3) is 3.29. The average Bonchev–Trinajstić information content (AvgIpc) is 3.35. The first-order chi connectivity index (χ1) is 14.0. The minimum absolute atomic E-state index is 0.246. The molecule has 0 saturated heterocycles. The Labute approximate surface area is 167 Å². The van der Waals surface area contributed by atoms with E-state index in [1.165, 1.54) is 0 Å². The van der Waals surface area contributed by atoms with Gasteiger partial charge in [0.1, 0.15) is 5.65 Å². The summed E-state index contributed by atoms with van der Waals surface area (Å²) in [6, 6.07) is 6.31. The number of methoxy groups -OCH3 is 1. The molecule has 1 saturated carbocycles. The number of ether oxygens (including phenoxy) is 1. The lowest BCUT2D eigenvalue weighted by molar-refractivity contribution is 0.0195. The molecule has 0 unspecified atom stereocenters. The molecular weight excluding hydrogens is 368 g/mol. The molecule has 150 valence electrons. The summed E-state index contributed by atoms with van der Waals surface area (Å²) in [4.78, 5) is 12.6. The number of aliphatic hydroxyl groups is 1. The third-order valence-electron chi connectivity index (χ3n) is 5.80. The fraction of sp³-hybridized carbons (Fsp3) is 0.381. The van der Waals surface area contributed by atoms with E-state index in [0.717, 1.165) is 53.4 Å². The summed E-state index contributed by atoms with van der Waals surface area (Å²) < 4.78 is 7.44. The highest BCUT2D eigenvalue weighted by atomic mass is 16.5. The van der Waals surface area contributed by atoms with E-state index in [2.05, 4.69) is 31.4 Å². The van der Waals surface area contributed by atoms with E-state index in [4.69, 9.17) is 4.74 Å². The largest absolute Gasteiger partial charge is 0.480 e. The molecule has 8 nitrogen and oxygen atoms in total. The van der Waals surface area contributed by atoms with Crippen LogP contribution >= 0.6 is 0 Å². The minimum atomic E-state index is -0.564. The Bertz CT molecular complexity index is 1170. The number of nitrogens with zero attached hydrogens (tertiary/aromatic N) is 4. The number of aromatic nitrogens is 5. The first-order valence-corrected chi connectivity index (χ1v) is 9.88. The van der Waals surface area contributed by atoms with E-state index < -0.39 is 5.60 Å². The summed E-state index contributed by atoms with van der Waals surface area (Å²) in [5.74, 6) is 1.07. The van der Waals surface area contributed by atoms with Crippen molar-refractivity contribution < 1.29 is 9.84 Å². The van der Waals surface area contributed by atoms with Crippen LogP contribution in [0, 0.1) is 0 Å². The van der Waals surface area contributed by atoms with Crippen molar-refractivity contribution in [1.82, 2.24) is 24.6 Å². The van der Waals surface area contributed by atoms with Crippen LogP contribution in [0.4, 0.5) is 5.95 Å². The van der Waals surface area contributed by atoms with Gasteiger partial charge in [-0.25, -0.2) is 4.52 Å². The van der Waals surface area contributed by atoms with Crippen molar-refractivity contribution in [3.8, 4) is 17.0 Å². The summed E-state index contributed by atoms with van der Waals surface area (Å²) in [6.45, 7) is 1.90. The zero-order valence-electron chi connectivity index (χ0n) is 16.5. The van der Waals surface area contributed by atoms with Gasteiger partial charge in [-0.2, -0.15) is 15.1 Å². The van der Waals surface area contributed by atoms with Gasteiger partial charge in [0.15, 0.2) is 0 Å². The Morgan fingerprint density at radius 3 is 2.90 bits per heavy atom. The van der Waals surface area contributed by atoms with E-state index in [9.17, 15) is 5.11 Å². The zero-order valence-corrected chi connectivity index (χ0v) is 16.5. The van der Waals surface area contributed by atoms with Crippen LogP contribution in [-0.2, 0) is 0 Å². The van der Waals surface area contributed by atoms with Gasteiger partial charge in [-0.3, -0.25) is 0 Å². The molecule has 4 aromatic rings. The predicted molar refractivity (Wildman–Crippen MR) is 111 cm³/mol. The molecular formula is C21H24N6O2. The number of anilines is 1. The summed E-state index contributed by atoms with van der Waals surface area (Å²) in [6.07, 6.45) is 8.97. The number of hydrogen-bond acceptors (Lipinski definition) is 6. The van der Waals surface area contributed by atoms with E-state index >= 15 is 0 Å². The molecule has 0 aliphatic heterocycles. The summed E-state index contributed by atoms with van der Waals surface area (Å²) >= 11 is 0. The number of nitrogens with one attached hydrogen (secondary N) is 2. The van der Waals surface area contributed by atoms with Crippen LogP contribution in [0.5, 0.6) is 5.88 Å². The molecule has 5 rings (SSSR count). The van der Waals surface area contributed by atoms with Crippen molar-refractivity contribution in [2.45, 2.75) is 44.2 Å². The molecule has 1 aliphatic carbocycles. The van der Waals surface area contributed by atoms with Crippen molar-refractivity contribution in [1.29, 1.82) is 0 Å². The first-order valence-electron chi connectivity index (χ1n) is 9.88. The summed E-state index contributed by atoms with van der Waals surface area (Å²) in [7, 11) is 1.63. The van der Waals surface area contributed by atoms with Crippen LogP contribution < -0.4 is 10.1 Å². The van der Waals surface area contributed by atoms with Crippen molar-refractivity contribution in [3.63, 3.8) is 0 Å². The molecule has 3 N–H and O–H groups in total. The molecule has 0 atom stereocenters. The van der Waals surface area contributed by atoms with E-state index in [1.807, 2.05) is 36.0 Å². The SMILES string of the molecule is COc1nc(N[C@H]2CC[C@@](C)(O)CC2)nc2[nH]cc(-c3ccn4nccc4c3)c12. The molecule has 1 aliphatic rings. The van der Waals surface area contributed by atoms with Gasteiger partial charge in [0.05, 0.1) is 23.6 Å². The fourth-order valence-corrected chi connectivity index (χ4v) is 4.10. The second kappa shape index (κ2) is 6.73. The Balaban J connectivity index is 1.49. The third-order valence-corrected chi connectivity index (χ3v) is 5.80. The Kier molecular flexibility index (Phi) is 4.16. The van der Waals surface area contributed by atoms with Crippen molar-refractivity contribution >= 4 is 22.5 Å². The smallest absolute Gasteiger partial charge is 0.228 e. The Hall–Kier alpha value is -3.13. The van der Waals surface area contributed by atoms with Crippen LogP contribution in [0.25, 0.3) is 27.7 Å². The van der Waals surface area contributed by atoms with Gasteiger partial charge in [0.2, 0.25) is 11.8 Å². The second-order valence-electron chi connectivity index (χ2n) is 8.01. The normalized spacial score (nSPS) is 22.2. The second-order valence-corrected chi connectivity index (χ2v) is 8.01. The molecule has 0 spiro atoms. The molecule has 0 radical (unpaired) electrons. The summed E-state index contributed by atoms with van der Waals surface area (Å²) in [5.41, 5.74) is 3.21. The molecule has 1 fully saturated rings. The predicted octanol–water partition coefficient (Wildman–Crippen LogP) is 3.39. The lowest BCUT2D eigenvalue weighted by atomic mass is 9.84. The number of H-pyrrole nitrogens is 1. The van der Waals surface area contributed by atoms with Gasteiger partial charge in [-0.05, 0) is 56.4 Å². The topological polar surface area (TPSA) is 100 Å². The number of fused-ring (bicyclic) bond motifs is 2. The maximum absolute atomic E-state index is 10.2. The molecule has 0 amide bonds. The van der Waals surface area contributed by atoms with Gasteiger partial charge in [-0.1, -0.05) is 0 Å². The van der Waals surface area contributed by atoms with Gasteiger partial charge in [-0.15, -0.1) is 0 Å². The van der Waals surface area contributed by atoms with Gasteiger partial charge < -0.3 is 20.1 Å². The lowest BCUT2D eigenvalue weighted by Gasteiger charge is -2.33. The van der Waals surface area contributed by atoms with Crippen LogP contribution in [0.3, 0.4) is 0 Å². The van der Waals surface area contributed by atoms with Gasteiger partial charge in [0, 0.05) is 30.2 Å². The van der Waals surface area contributed by atoms with E-state index in [1.54, 1.807) is 13.3 Å². The first kappa shape index (κ1) is 17.9. The standard InChI is InChI=1S/C21H24N6O2/c1-21(28)7-3-14(4-8-21)24-20-25-18-17(19(26-20)29-2)16(12-22-18)13-6-10-27-15(11-13)5-9-23-27/h5-6,9-12,14,28H,3-4,7-8H2,1-2H3,(H2,22,24,25,26)/t14-,21+. The quantitative estimate of drug-likeness (QED) is 0.492. The highest BCUT2D eigenvalue weighted by Crippen LogP contribution is 2.35. The molecule has 0 aromatic carbocycles. The lowest BCUT2D eigenvalue weighted by Crippen LogP contribution is -2.36. The maximum atomic E-state index is 10.2. The Morgan fingerprint density at radius 1 is 1.28 bits per heavy atom. The van der Waals surface area contributed by atoms with Crippen molar-refractivity contribution in [2.75, 3.05) is 12.4 Å². The maximum Gasteiger partial charge on any atom is 0.228 e. The van der Waals surface area contributed by atoms with E-state index in [-0.39, 0.29) is 6.04 Å². The van der Waals surface area contributed by atoms with Gasteiger partial charge >= 0.3 is 0 Å². The average molecular weight is 392 g/mol. The van der Waals surface area contributed by atoms with Crippen LogP contribution in [0.1, 0.15) is 32.6 Å². The number of aromatic amines is 1. The van der Waals surface area contributed by atoms with Crippen LogP contribution in [0.2, 0.25) is 0 Å². The zero-order chi connectivity index (χ0) is 20.0.